The Morgan fingerprint density at radius 3 is 2.61 bits per heavy atom. The van der Waals surface area contributed by atoms with Crippen LogP contribution in [0, 0.1) is 29.3 Å². The molecule has 0 spiro atoms. The van der Waals surface area contributed by atoms with E-state index < -0.39 is 23.2 Å². The fourth-order valence-electron chi connectivity index (χ4n) is 2.58. The van der Waals surface area contributed by atoms with Crippen molar-refractivity contribution in [2.45, 2.75) is 19.3 Å². The molecular formula is C13H14F3NO. The molecule has 2 nitrogen and oxygen atoms in total. The second kappa shape index (κ2) is 5.10. The van der Waals surface area contributed by atoms with Crippen LogP contribution in [0.5, 0.6) is 0 Å². The monoisotopic (exact) mass is 257 g/mol. The smallest absolute Gasteiger partial charge is 0.195 e. The molecule has 98 valence electrons. The third-order valence-corrected chi connectivity index (χ3v) is 3.60. The SMILES string of the molecule is NCC1CCCC1C(=O)c1ccc(F)c(F)c1F. The molecule has 2 rings (SSSR count). The predicted octanol–water partition coefficient (Wildman–Crippen LogP) is 2.66. The zero-order valence-electron chi connectivity index (χ0n) is 9.76. The average molecular weight is 257 g/mol. The Morgan fingerprint density at radius 1 is 1.22 bits per heavy atom. The van der Waals surface area contributed by atoms with Crippen molar-refractivity contribution < 1.29 is 18.0 Å². The fourth-order valence-corrected chi connectivity index (χ4v) is 2.58. The summed E-state index contributed by atoms with van der Waals surface area (Å²) in [7, 11) is 0. The van der Waals surface area contributed by atoms with Crippen molar-refractivity contribution >= 4 is 5.78 Å². The van der Waals surface area contributed by atoms with Gasteiger partial charge in [-0.3, -0.25) is 4.79 Å². The Balaban J connectivity index is 2.32. The minimum Gasteiger partial charge on any atom is -0.330 e. The molecule has 0 radical (unpaired) electrons. The molecule has 5 heteroatoms. The van der Waals surface area contributed by atoms with Gasteiger partial charge in [0.05, 0.1) is 5.56 Å². The largest absolute Gasteiger partial charge is 0.330 e. The number of benzene rings is 1. The molecule has 0 bridgehead atoms. The number of halogens is 3. The minimum atomic E-state index is -1.59. The van der Waals surface area contributed by atoms with Gasteiger partial charge < -0.3 is 5.73 Å². The van der Waals surface area contributed by atoms with Crippen LogP contribution in [0.15, 0.2) is 12.1 Å². The van der Waals surface area contributed by atoms with E-state index in [0.29, 0.717) is 13.0 Å². The first-order chi connectivity index (χ1) is 8.56. The van der Waals surface area contributed by atoms with Crippen molar-refractivity contribution in [3.63, 3.8) is 0 Å². The molecular weight excluding hydrogens is 243 g/mol. The summed E-state index contributed by atoms with van der Waals surface area (Å²) in [6, 6.07) is 1.78. The summed E-state index contributed by atoms with van der Waals surface area (Å²) in [5, 5.41) is 0. The van der Waals surface area contributed by atoms with Crippen molar-refractivity contribution in [1.82, 2.24) is 0 Å². The Bertz CT molecular complexity index is 476. The van der Waals surface area contributed by atoms with Gasteiger partial charge in [-0.2, -0.15) is 0 Å². The number of carbonyl (C=O) groups excluding carboxylic acids is 1. The van der Waals surface area contributed by atoms with E-state index in [9.17, 15) is 18.0 Å². The zero-order valence-corrected chi connectivity index (χ0v) is 9.76. The highest BCUT2D eigenvalue weighted by Crippen LogP contribution is 2.34. The van der Waals surface area contributed by atoms with Crippen molar-refractivity contribution in [1.29, 1.82) is 0 Å². The summed E-state index contributed by atoms with van der Waals surface area (Å²) in [5.41, 5.74) is 5.18. The number of ketones is 1. The highest BCUT2D eigenvalue weighted by molar-refractivity contribution is 5.98. The van der Waals surface area contributed by atoms with E-state index in [-0.39, 0.29) is 17.4 Å². The standard InChI is InChI=1S/C13H14F3NO/c14-10-5-4-9(11(15)12(10)16)13(18)8-3-1-2-7(8)6-17/h4-5,7-8H,1-3,6,17H2. The number of Topliss-reactive ketones (excluding diaryl/α,β-unsaturated/α-hetero) is 1. The van der Waals surface area contributed by atoms with Gasteiger partial charge in [0.15, 0.2) is 23.2 Å². The lowest BCUT2D eigenvalue weighted by Gasteiger charge is -2.16. The van der Waals surface area contributed by atoms with Gasteiger partial charge in [-0.1, -0.05) is 6.42 Å². The molecule has 2 N–H and O–H groups in total. The van der Waals surface area contributed by atoms with Gasteiger partial charge in [-0.05, 0) is 37.4 Å². The van der Waals surface area contributed by atoms with Crippen LogP contribution in [0.25, 0.3) is 0 Å². The summed E-state index contributed by atoms with van der Waals surface area (Å²) in [6.07, 6.45) is 2.29. The maximum Gasteiger partial charge on any atom is 0.195 e. The summed E-state index contributed by atoms with van der Waals surface area (Å²) >= 11 is 0. The molecule has 0 aliphatic heterocycles. The average Bonchev–Trinajstić information content (AvgIpc) is 2.83. The molecule has 0 saturated heterocycles. The summed E-state index contributed by atoms with van der Waals surface area (Å²) < 4.78 is 39.4. The van der Waals surface area contributed by atoms with Gasteiger partial charge in [0.25, 0.3) is 0 Å². The van der Waals surface area contributed by atoms with E-state index in [1.165, 1.54) is 0 Å². The number of hydrogen-bond acceptors (Lipinski definition) is 2. The van der Waals surface area contributed by atoms with Crippen molar-refractivity contribution in [2.75, 3.05) is 6.54 Å². The summed E-state index contributed by atoms with van der Waals surface area (Å²) in [4.78, 5) is 12.1. The number of hydrogen-bond donors (Lipinski definition) is 1. The van der Waals surface area contributed by atoms with Crippen LogP contribution in [-0.4, -0.2) is 12.3 Å². The Hall–Kier alpha value is -1.36. The van der Waals surface area contributed by atoms with Crippen molar-refractivity contribution in [2.24, 2.45) is 17.6 Å². The Morgan fingerprint density at radius 2 is 1.94 bits per heavy atom. The predicted molar refractivity (Wildman–Crippen MR) is 60.5 cm³/mol. The summed E-state index contributed by atoms with van der Waals surface area (Å²) in [5.74, 6) is -5.13. The van der Waals surface area contributed by atoms with Gasteiger partial charge in [-0.15, -0.1) is 0 Å². The quantitative estimate of drug-likeness (QED) is 0.668. The van der Waals surface area contributed by atoms with Crippen LogP contribution in [-0.2, 0) is 0 Å². The number of carbonyl (C=O) groups is 1. The molecule has 0 heterocycles. The number of rotatable bonds is 3. The molecule has 1 fully saturated rings. The molecule has 2 atom stereocenters. The lowest BCUT2D eigenvalue weighted by Crippen LogP contribution is -2.26. The highest BCUT2D eigenvalue weighted by atomic mass is 19.2. The van der Waals surface area contributed by atoms with Crippen LogP contribution in [0.4, 0.5) is 13.2 Å². The molecule has 2 unspecified atom stereocenters. The first-order valence-corrected chi connectivity index (χ1v) is 5.94. The van der Waals surface area contributed by atoms with E-state index >= 15 is 0 Å². The molecule has 0 aromatic heterocycles. The highest BCUT2D eigenvalue weighted by Gasteiger charge is 2.34. The molecule has 1 aliphatic rings. The fraction of sp³-hybridized carbons (Fsp3) is 0.462. The Kier molecular flexibility index (Phi) is 3.71. The summed E-state index contributed by atoms with van der Waals surface area (Å²) in [6.45, 7) is 0.349. The van der Waals surface area contributed by atoms with Gasteiger partial charge in [0.1, 0.15) is 0 Å². The maximum absolute atomic E-state index is 13.5. The molecule has 0 amide bonds. The van der Waals surface area contributed by atoms with Crippen molar-refractivity contribution in [3.05, 3.63) is 35.1 Å². The lowest BCUT2D eigenvalue weighted by atomic mass is 9.88. The van der Waals surface area contributed by atoms with Gasteiger partial charge >= 0.3 is 0 Å². The van der Waals surface area contributed by atoms with Gasteiger partial charge in [-0.25, -0.2) is 13.2 Å². The van der Waals surface area contributed by atoms with E-state index in [1.807, 2.05) is 0 Å². The first-order valence-electron chi connectivity index (χ1n) is 5.94. The second-order valence-corrected chi connectivity index (χ2v) is 4.62. The topological polar surface area (TPSA) is 43.1 Å². The van der Waals surface area contributed by atoms with E-state index in [0.717, 1.165) is 25.0 Å². The molecule has 18 heavy (non-hydrogen) atoms. The van der Waals surface area contributed by atoms with Crippen LogP contribution in [0.1, 0.15) is 29.6 Å². The Labute approximate surface area is 103 Å². The van der Waals surface area contributed by atoms with Gasteiger partial charge in [0.2, 0.25) is 0 Å². The van der Waals surface area contributed by atoms with Crippen LogP contribution >= 0.6 is 0 Å². The first kappa shape index (κ1) is 13.1. The maximum atomic E-state index is 13.5. The normalized spacial score (nSPS) is 23.3. The molecule has 1 aromatic rings. The zero-order chi connectivity index (χ0) is 13.3. The van der Waals surface area contributed by atoms with Crippen LogP contribution in [0.3, 0.4) is 0 Å². The third kappa shape index (κ3) is 2.14. The number of nitrogens with two attached hydrogens (primary N) is 1. The lowest BCUT2D eigenvalue weighted by molar-refractivity contribution is 0.0888. The van der Waals surface area contributed by atoms with Crippen LogP contribution < -0.4 is 5.73 Å². The third-order valence-electron chi connectivity index (χ3n) is 3.60. The molecule has 1 aromatic carbocycles. The molecule has 1 saturated carbocycles. The second-order valence-electron chi connectivity index (χ2n) is 4.62. The van der Waals surface area contributed by atoms with E-state index in [1.54, 1.807) is 0 Å². The van der Waals surface area contributed by atoms with E-state index in [4.69, 9.17) is 5.73 Å². The minimum absolute atomic E-state index is 0.00464. The van der Waals surface area contributed by atoms with Crippen LogP contribution in [0.2, 0.25) is 0 Å². The van der Waals surface area contributed by atoms with Crippen molar-refractivity contribution in [3.8, 4) is 0 Å². The molecule has 1 aliphatic carbocycles. The van der Waals surface area contributed by atoms with E-state index in [2.05, 4.69) is 0 Å². The van der Waals surface area contributed by atoms with Gasteiger partial charge in [0, 0.05) is 5.92 Å².